The van der Waals surface area contributed by atoms with E-state index in [1.807, 2.05) is 49.4 Å². The number of aryl methyl sites for hydroxylation is 1. The SMILES string of the molecule is Cc1ccc2cc(OC(=O)N3CCN(c4ccccc4)CC3)ccc2n1. The van der Waals surface area contributed by atoms with Crippen LogP contribution in [0.2, 0.25) is 0 Å². The molecule has 26 heavy (non-hydrogen) atoms. The van der Waals surface area contributed by atoms with Crippen molar-refractivity contribution in [1.29, 1.82) is 0 Å². The molecule has 1 amide bonds. The first-order chi connectivity index (χ1) is 12.7. The van der Waals surface area contributed by atoms with Gasteiger partial charge in [0.2, 0.25) is 0 Å². The third kappa shape index (κ3) is 3.47. The fourth-order valence-corrected chi connectivity index (χ4v) is 3.22. The number of carbonyl (C=O) groups excluding carboxylic acids is 1. The Morgan fingerprint density at radius 3 is 2.50 bits per heavy atom. The van der Waals surface area contributed by atoms with Crippen molar-refractivity contribution in [1.82, 2.24) is 9.88 Å². The Kier molecular flexibility index (Phi) is 4.44. The normalized spacial score (nSPS) is 14.5. The van der Waals surface area contributed by atoms with Crippen LogP contribution in [0.15, 0.2) is 60.7 Å². The maximum Gasteiger partial charge on any atom is 0.415 e. The number of aromatic nitrogens is 1. The molecule has 0 radical (unpaired) electrons. The van der Waals surface area contributed by atoms with Gasteiger partial charge in [-0.25, -0.2) is 4.79 Å². The van der Waals surface area contributed by atoms with E-state index in [2.05, 4.69) is 22.0 Å². The molecule has 1 aliphatic rings. The molecule has 5 nitrogen and oxygen atoms in total. The van der Waals surface area contributed by atoms with Crippen LogP contribution in [0, 0.1) is 6.92 Å². The largest absolute Gasteiger partial charge is 0.415 e. The average Bonchev–Trinajstić information content (AvgIpc) is 2.69. The number of anilines is 1. The third-order valence-electron chi connectivity index (χ3n) is 4.66. The number of rotatable bonds is 2. The lowest BCUT2D eigenvalue weighted by Crippen LogP contribution is -2.49. The van der Waals surface area contributed by atoms with Crippen molar-refractivity contribution in [3.63, 3.8) is 0 Å². The number of benzene rings is 2. The number of piperazine rings is 1. The van der Waals surface area contributed by atoms with Gasteiger partial charge in [0.05, 0.1) is 5.52 Å². The van der Waals surface area contributed by atoms with Gasteiger partial charge in [0, 0.05) is 42.9 Å². The molecule has 0 atom stereocenters. The van der Waals surface area contributed by atoms with Crippen molar-refractivity contribution in [2.24, 2.45) is 0 Å². The molecule has 1 aliphatic heterocycles. The number of fused-ring (bicyclic) bond motifs is 1. The number of pyridine rings is 1. The molecule has 0 saturated carbocycles. The van der Waals surface area contributed by atoms with Crippen LogP contribution in [-0.2, 0) is 0 Å². The summed E-state index contributed by atoms with van der Waals surface area (Å²) in [6, 6.07) is 19.8. The molecule has 132 valence electrons. The number of hydrogen-bond donors (Lipinski definition) is 0. The van der Waals surface area contributed by atoms with Crippen molar-refractivity contribution in [2.45, 2.75) is 6.92 Å². The van der Waals surface area contributed by atoms with Gasteiger partial charge in [-0.3, -0.25) is 4.98 Å². The fraction of sp³-hybridized carbons (Fsp3) is 0.238. The molecule has 3 aromatic rings. The van der Waals surface area contributed by atoms with E-state index < -0.39 is 0 Å². The summed E-state index contributed by atoms with van der Waals surface area (Å²) in [6.45, 7) is 4.88. The molecular weight excluding hydrogens is 326 g/mol. The lowest BCUT2D eigenvalue weighted by atomic mass is 10.2. The second-order valence-corrected chi connectivity index (χ2v) is 6.48. The Morgan fingerprint density at radius 1 is 0.962 bits per heavy atom. The van der Waals surface area contributed by atoms with Gasteiger partial charge in [-0.15, -0.1) is 0 Å². The summed E-state index contributed by atoms with van der Waals surface area (Å²) < 4.78 is 5.57. The fourth-order valence-electron chi connectivity index (χ4n) is 3.22. The van der Waals surface area contributed by atoms with Gasteiger partial charge < -0.3 is 14.5 Å². The second-order valence-electron chi connectivity index (χ2n) is 6.48. The van der Waals surface area contributed by atoms with Crippen LogP contribution in [0.5, 0.6) is 5.75 Å². The smallest absolute Gasteiger partial charge is 0.410 e. The molecule has 2 heterocycles. The summed E-state index contributed by atoms with van der Waals surface area (Å²) in [7, 11) is 0. The quantitative estimate of drug-likeness (QED) is 0.706. The maximum atomic E-state index is 12.5. The van der Waals surface area contributed by atoms with E-state index in [0.29, 0.717) is 18.8 Å². The van der Waals surface area contributed by atoms with Gasteiger partial charge >= 0.3 is 6.09 Å². The molecule has 1 aromatic heterocycles. The van der Waals surface area contributed by atoms with E-state index in [9.17, 15) is 4.79 Å². The average molecular weight is 347 g/mol. The Labute approximate surface area is 152 Å². The van der Waals surface area contributed by atoms with Crippen LogP contribution >= 0.6 is 0 Å². The summed E-state index contributed by atoms with van der Waals surface area (Å²) >= 11 is 0. The molecule has 0 bridgehead atoms. The van der Waals surface area contributed by atoms with Crippen molar-refractivity contribution in [2.75, 3.05) is 31.1 Å². The van der Waals surface area contributed by atoms with Crippen molar-refractivity contribution in [3.8, 4) is 5.75 Å². The number of ether oxygens (including phenoxy) is 1. The van der Waals surface area contributed by atoms with Crippen LogP contribution in [0.3, 0.4) is 0 Å². The number of hydrogen-bond acceptors (Lipinski definition) is 4. The van der Waals surface area contributed by atoms with Crippen LogP contribution < -0.4 is 9.64 Å². The van der Waals surface area contributed by atoms with Crippen molar-refractivity contribution < 1.29 is 9.53 Å². The zero-order valence-electron chi connectivity index (χ0n) is 14.8. The monoisotopic (exact) mass is 347 g/mol. The van der Waals surface area contributed by atoms with E-state index in [4.69, 9.17) is 4.74 Å². The third-order valence-corrected chi connectivity index (χ3v) is 4.66. The van der Waals surface area contributed by atoms with E-state index in [1.165, 1.54) is 5.69 Å². The zero-order chi connectivity index (χ0) is 17.9. The molecule has 1 fully saturated rings. The van der Waals surface area contributed by atoms with E-state index >= 15 is 0 Å². The van der Waals surface area contributed by atoms with Crippen molar-refractivity contribution in [3.05, 3.63) is 66.4 Å². The standard InChI is InChI=1S/C21H21N3O2/c1-16-7-8-17-15-19(9-10-20(17)22-16)26-21(25)24-13-11-23(12-14-24)18-5-3-2-4-6-18/h2-10,15H,11-14H2,1H3. The number of nitrogens with zero attached hydrogens (tertiary/aromatic N) is 3. The highest BCUT2D eigenvalue weighted by atomic mass is 16.6. The molecule has 4 rings (SSSR count). The molecule has 0 spiro atoms. The predicted octanol–water partition coefficient (Wildman–Crippen LogP) is 3.86. The Hall–Kier alpha value is -3.08. The van der Waals surface area contributed by atoms with Gasteiger partial charge in [-0.1, -0.05) is 24.3 Å². The first-order valence-corrected chi connectivity index (χ1v) is 8.83. The lowest BCUT2D eigenvalue weighted by Gasteiger charge is -2.35. The summed E-state index contributed by atoms with van der Waals surface area (Å²) in [5, 5.41) is 0.967. The van der Waals surface area contributed by atoms with Gasteiger partial charge in [-0.2, -0.15) is 0 Å². The van der Waals surface area contributed by atoms with E-state index in [-0.39, 0.29) is 6.09 Å². The number of amides is 1. The zero-order valence-corrected chi connectivity index (χ0v) is 14.8. The van der Waals surface area contributed by atoms with Gasteiger partial charge in [0.1, 0.15) is 5.75 Å². The topological polar surface area (TPSA) is 45.7 Å². The first kappa shape index (κ1) is 16.4. The highest BCUT2D eigenvalue weighted by Crippen LogP contribution is 2.21. The highest BCUT2D eigenvalue weighted by molar-refractivity contribution is 5.81. The number of para-hydroxylation sites is 1. The summed E-state index contributed by atoms with van der Waals surface area (Å²) in [4.78, 5) is 21.0. The summed E-state index contributed by atoms with van der Waals surface area (Å²) in [5.41, 5.74) is 3.07. The Bertz CT molecular complexity index is 919. The summed E-state index contributed by atoms with van der Waals surface area (Å²) in [5.74, 6) is 0.554. The highest BCUT2D eigenvalue weighted by Gasteiger charge is 2.22. The molecule has 5 heteroatoms. The molecular formula is C21H21N3O2. The summed E-state index contributed by atoms with van der Waals surface area (Å²) in [6.07, 6.45) is -0.294. The van der Waals surface area contributed by atoms with E-state index in [0.717, 1.165) is 29.7 Å². The molecule has 0 unspecified atom stereocenters. The Balaban J connectivity index is 1.39. The minimum Gasteiger partial charge on any atom is -0.410 e. The lowest BCUT2D eigenvalue weighted by molar-refractivity contribution is 0.149. The molecule has 0 N–H and O–H groups in total. The maximum absolute atomic E-state index is 12.5. The van der Waals surface area contributed by atoms with Crippen LogP contribution in [-0.4, -0.2) is 42.2 Å². The second kappa shape index (κ2) is 7.04. The van der Waals surface area contributed by atoms with Gasteiger partial charge in [-0.05, 0) is 43.3 Å². The molecule has 1 saturated heterocycles. The van der Waals surface area contributed by atoms with E-state index in [1.54, 1.807) is 11.0 Å². The van der Waals surface area contributed by atoms with Crippen molar-refractivity contribution >= 4 is 22.7 Å². The van der Waals surface area contributed by atoms with Gasteiger partial charge in [0.15, 0.2) is 0 Å². The molecule has 2 aromatic carbocycles. The predicted molar refractivity (Wildman–Crippen MR) is 103 cm³/mol. The van der Waals surface area contributed by atoms with Crippen LogP contribution in [0.1, 0.15) is 5.69 Å². The van der Waals surface area contributed by atoms with Gasteiger partial charge in [0.25, 0.3) is 0 Å². The minimum absolute atomic E-state index is 0.294. The number of carbonyl (C=O) groups is 1. The van der Waals surface area contributed by atoms with Crippen LogP contribution in [0.25, 0.3) is 10.9 Å². The minimum atomic E-state index is -0.294. The van der Waals surface area contributed by atoms with Crippen LogP contribution in [0.4, 0.5) is 10.5 Å². The Morgan fingerprint density at radius 2 is 1.73 bits per heavy atom. The first-order valence-electron chi connectivity index (χ1n) is 8.83. The molecule has 0 aliphatic carbocycles.